The van der Waals surface area contributed by atoms with E-state index in [0.717, 1.165) is 16.5 Å². The van der Waals surface area contributed by atoms with Gasteiger partial charge in [-0.25, -0.2) is 10.1 Å². The van der Waals surface area contributed by atoms with Crippen LogP contribution in [0, 0.1) is 0 Å². The molecule has 0 unspecified atom stereocenters. The van der Waals surface area contributed by atoms with Crippen molar-refractivity contribution in [2.75, 3.05) is 0 Å². The zero-order valence-electron chi connectivity index (χ0n) is 12.8. The fourth-order valence-corrected chi connectivity index (χ4v) is 2.62. The summed E-state index contributed by atoms with van der Waals surface area (Å²) in [6.07, 6.45) is 3.60. The Kier molecular flexibility index (Phi) is 3.31. The third-order valence-electron chi connectivity index (χ3n) is 3.81. The third kappa shape index (κ3) is 2.41. The van der Waals surface area contributed by atoms with Gasteiger partial charge in [0.05, 0.1) is 6.21 Å². The zero-order chi connectivity index (χ0) is 16.5. The Morgan fingerprint density at radius 1 is 1.21 bits per heavy atom. The Hall–Kier alpha value is -3.48. The number of nitrogens with zero attached hydrogens (tertiary/aromatic N) is 4. The smallest absolute Gasteiger partial charge is 0.271 e. The summed E-state index contributed by atoms with van der Waals surface area (Å²) in [5, 5.41) is 12.6. The molecule has 2 heterocycles. The van der Waals surface area contributed by atoms with Crippen LogP contribution in [0.2, 0.25) is 0 Å². The van der Waals surface area contributed by atoms with Gasteiger partial charge in [0, 0.05) is 35.3 Å². The van der Waals surface area contributed by atoms with Crippen LogP contribution in [0.25, 0.3) is 21.9 Å². The lowest BCUT2D eigenvalue weighted by Crippen LogP contribution is -2.17. The average Bonchev–Trinajstić information content (AvgIpc) is 3.19. The molecule has 1 amide bonds. The van der Waals surface area contributed by atoms with Crippen molar-refractivity contribution in [1.82, 2.24) is 20.3 Å². The average molecular weight is 319 g/mol. The number of amides is 1. The fourth-order valence-electron chi connectivity index (χ4n) is 2.62. The van der Waals surface area contributed by atoms with E-state index in [2.05, 4.69) is 25.5 Å². The van der Waals surface area contributed by atoms with E-state index in [-0.39, 0.29) is 5.91 Å². The Morgan fingerprint density at radius 2 is 2.04 bits per heavy atom. The van der Waals surface area contributed by atoms with Crippen molar-refractivity contribution in [3.8, 4) is 0 Å². The summed E-state index contributed by atoms with van der Waals surface area (Å²) in [5.74, 6) is -0.323. The SMILES string of the molecule is Cn1cc(/C=N/NC(=O)c2ccc3nonc3c2)c2ccccc21. The maximum Gasteiger partial charge on any atom is 0.271 e. The topological polar surface area (TPSA) is 85.3 Å². The van der Waals surface area contributed by atoms with Gasteiger partial charge in [-0.1, -0.05) is 18.2 Å². The summed E-state index contributed by atoms with van der Waals surface area (Å²) in [6.45, 7) is 0. The number of carbonyl (C=O) groups is 1. The highest BCUT2D eigenvalue weighted by Gasteiger charge is 2.08. The summed E-state index contributed by atoms with van der Waals surface area (Å²) in [7, 11) is 1.97. The first-order valence-corrected chi connectivity index (χ1v) is 7.32. The molecule has 2 aromatic heterocycles. The van der Waals surface area contributed by atoms with Crippen LogP contribution in [-0.2, 0) is 7.05 Å². The Labute approximate surface area is 136 Å². The molecule has 7 nitrogen and oxygen atoms in total. The number of hydrogen-bond acceptors (Lipinski definition) is 5. The van der Waals surface area contributed by atoms with Crippen molar-refractivity contribution in [2.24, 2.45) is 12.1 Å². The molecule has 0 saturated carbocycles. The molecule has 118 valence electrons. The second kappa shape index (κ2) is 5.62. The van der Waals surface area contributed by atoms with Crippen molar-refractivity contribution in [3.63, 3.8) is 0 Å². The molecule has 0 spiro atoms. The Morgan fingerprint density at radius 3 is 2.96 bits per heavy atom. The minimum absolute atomic E-state index is 0.323. The molecule has 4 rings (SSSR count). The van der Waals surface area contributed by atoms with E-state index in [4.69, 9.17) is 0 Å². The van der Waals surface area contributed by atoms with Crippen molar-refractivity contribution in [2.45, 2.75) is 0 Å². The van der Waals surface area contributed by atoms with E-state index in [0.29, 0.717) is 16.6 Å². The highest BCUT2D eigenvalue weighted by Crippen LogP contribution is 2.18. The lowest BCUT2D eigenvalue weighted by Gasteiger charge is -1.98. The largest absolute Gasteiger partial charge is 0.350 e. The zero-order valence-corrected chi connectivity index (χ0v) is 12.8. The highest BCUT2D eigenvalue weighted by atomic mass is 16.6. The van der Waals surface area contributed by atoms with E-state index in [9.17, 15) is 4.79 Å². The first kappa shape index (κ1) is 14.1. The van der Waals surface area contributed by atoms with Gasteiger partial charge in [-0.3, -0.25) is 4.79 Å². The van der Waals surface area contributed by atoms with Gasteiger partial charge >= 0.3 is 0 Å². The normalized spacial score (nSPS) is 11.5. The molecule has 24 heavy (non-hydrogen) atoms. The number of carbonyl (C=O) groups excluding carboxylic acids is 1. The molecular weight excluding hydrogens is 306 g/mol. The van der Waals surface area contributed by atoms with Crippen LogP contribution in [0.4, 0.5) is 0 Å². The highest BCUT2D eigenvalue weighted by molar-refractivity contribution is 6.01. The second-order valence-corrected chi connectivity index (χ2v) is 5.38. The summed E-state index contributed by atoms with van der Waals surface area (Å²) < 4.78 is 6.64. The van der Waals surface area contributed by atoms with Crippen LogP contribution in [0.5, 0.6) is 0 Å². The van der Waals surface area contributed by atoms with E-state index >= 15 is 0 Å². The molecule has 0 atom stereocenters. The molecular formula is C17H13N5O2. The van der Waals surface area contributed by atoms with Crippen LogP contribution < -0.4 is 5.43 Å². The summed E-state index contributed by atoms with van der Waals surface area (Å²) in [4.78, 5) is 12.2. The van der Waals surface area contributed by atoms with Gasteiger partial charge in [-0.15, -0.1) is 0 Å². The number of hydrogen-bond donors (Lipinski definition) is 1. The molecule has 0 bridgehead atoms. The first-order valence-electron chi connectivity index (χ1n) is 7.32. The number of para-hydroxylation sites is 1. The minimum atomic E-state index is -0.323. The molecule has 0 saturated heterocycles. The number of fused-ring (bicyclic) bond motifs is 2. The predicted octanol–water partition coefficient (Wildman–Crippen LogP) is 2.48. The standard InChI is InChI=1S/C17H13N5O2/c1-22-10-12(13-4-2-3-5-16(13)22)9-18-19-17(23)11-6-7-14-15(8-11)21-24-20-14/h2-10H,1H3,(H,19,23)/b18-9+. The lowest BCUT2D eigenvalue weighted by atomic mass is 10.2. The second-order valence-electron chi connectivity index (χ2n) is 5.38. The van der Waals surface area contributed by atoms with Crippen molar-refractivity contribution >= 4 is 34.1 Å². The lowest BCUT2D eigenvalue weighted by molar-refractivity contribution is 0.0955. The number of aryl methyl sites for hydroxylation is 1. The van der Waals surface area contributed by atoms with Crippen LogP contribution in [-0.4, -0.2) is 27.0 Å². The maximum absolute atomic E-state index is 12.2. The van der Waals surface area contributed by atoms with Gasteiger partial charge in [0.15, 0.2) is 0 Å². The molecule has 0 aliphatic heterocycles. The molecule has 0 fully saturated rings. The molecule has 2 aromatic carbocycles. The van der Waals surface area contributed by atoms with Gasteiger partial charge in [-0.05, 0) is 34.6 Å². The molecule has 0 radical (unpaired) electrons. The quantitative estimate of drug-likeness (QED) is 0.464. The predicted molar refractivity (Wildman–Crippen MR) is 89.8 cm³/mol. The number of rotatable bonds is 3. The summed E-state index contributed by atoms with van der Waals surface area (Å²) in [5.41, 5.74) is 6.13. The fraction of sp³-hybridized carbons (Fsp3) is 0.0588. The van der Waals surface area contributed by atoms with E-state index in [1.54, 1.807) is 24.4 Å². The number of aromatic nitrogens is 3. The first-order chi connectivity index (χ1) is 11.7. The van der Waals surface area contributed by atoms with Crippen LogP contribution in [0.15, 0.2) is 58.4 Å². The summed E-state index contributed by atoms with van der Waals surface area (Å²) >= 11 is 0. The summed E-state index contributed by atoms with van der Waals surface area (Å²) in [6, 6.07) is 12.9. The van der Waals surface area contributed by atoms with Crippen LogP contribution in [0.1, 0.15) is 15.9 Å². The third-order valence-corrected chi connectivity index (χ3v) is 3.81. The number of nitrogens with one attached hydrogen (secondary N) is 1. The van der Waals surface area contributed by atoms with Crippen molar-refractivity contribution in [3.05, 3.63) is 59.8 Å². The van der Waals surface area contributed by atoms with Crippen molar-refractivity contribution < 1.29 is 9.42 Å². The van der Waals surface area contributed by atoms with E-state index in [1.807, 2.05) is 42.1 Å². The van der Waals surface area contributed by atoms with Gasteiger partial charge in [-0.2, -0.15) is 5.10 Å². The number of benzene rings is 2. The molecule has 4 aromatic rings. The van der Waals surface area contributed by atoms with Crippen LogP contribution >= 0.6 is 0 Å². The molecule has 7 heteroatoms. The molecule has 0 aliphatic carbocycles. The maximum atomic E-state index is 12.2. The van der Waals surface area contributed by atoms with Gasteiger partial charge in [0.2, 0.25) is 0 Å². The Balaban J connectivity index is 1.54. The van der Waals surface area contributed by atoms with Gasteiger partial charge < -0.3 is 4.57 Å². The van der Waals surface area contributed by atoms with Crippen LogP contribution in [0.3, 0.4) is 0 Å². The van der Waals surface area contributed by atoms with Gasteiger partial charge in [0.25, 0.3) is 5.91 Å². The van der Waals surface area contributed by atoms with Crippen molar-refractivity contribution in [1.29, 1.82) is 0 Å². The molecule has 0 aliphatic rings. The molecule has 1 N–H and O–H groups in total. The monoisotopic (exact) mass is 319 g/mol. The van der Waals surface area contributed by atoms with E-state index < -0.39 is 0 Å². The van der Waals surface area contributed by atoms with E-state index in [1.165, 1.54) is 0 Å². The Bertz CT molecular complexity index is 1080. The minimum Gasteiger partial charge on any atom is -0.350 e. The van der Waals surface area contributed by atoms with Gasteiger partial charge in [0.1, 0.15) is 11.0 Å². The number of hydrazone groups is 1.